The molecule has 0 spiro atoms. The number of hydrogen-bond acceptors (Lipinski definition) is 4. The number of allylic oxidation sites excluding steroid dienone is 1. The Labute approximate surface area is 163 Å². The van der Waals surface area contributed by atoms with Crippen molar-refractivity contribution in [1.29, 1.82) is 0 Å². The second-order valence-corrected chi connectivity index (χ2v) is 8.61. The summed E-state index contributed by atoms with van der Waals surface area (Å²) in [6, 6.07) is 10.2. The Morgan fingerprint density at radius 3 is 2.12 bits per heavy atom. The predicted molar refractivity (Wildman–Crippen MR) is 105 cm³/mol. The Hall–Kier alpha value is -1.58. The van der Waals surface area contributed by atoms with Gasteiger partial charge in [0.15, 0.2) is 0 Å². The monoisotopic (exact) mass is 426 g/mol. The van der Waals surface area contributed by atoms with Crippen molar-refractivity contribution in [1.82, 2.24) is 0 Å². The number of carbonyl (C=O) groups excluding carboxylic acids is 2. The van der Waals surface area contributed by atoms with E-state index in [0.29, 0.717) is 0 Å². The third kappa shape index (κ3) is 8.68. The molecule has 0 heterocycles. The molecule has 0 N–H and O–H groups in total. The van der Waals surface area contributed by atoms with Crippen molar-refractivity contribution in [3.05, 3.63) is 40.9 Å². The molecule has 0 aliphatic carbocycles. The molecule has 26 heavy (non-hydrogen) atoms. The van der Waals surface area contributed by atoms with Crippen molar-refractivity contribution in [3.8, 4) is 0 Å². The Kier molecular flexibility index (Phi) is 11.7. The Morgan fingerprint density at radius 1 is 0.962 bits per heavy atom. The van der Waals surface area contributed by atoms with Gasteiger partial charge < -0.3 is 0 Å². The van der Waals surface area contributed by atoms with E-state index in [9.17, 15) is 9.59 Å². The van der Waals surface area contributed by atoms with Gasteiger partial charge in [0.05, 0.1) is 0 Å². The van der Waals surface area contributed by atoms with E-state index in [1.807, 2.05) is 18.2 Å². The van der Waals surface area contributed by atoms with Crippen LogP contribution in [0, 0.1) is 5.92 Å². The molecule has 0 aliphatic rings. The Morgan fingerprint density at radius 2 is 1.54 bits per heavy atom. The molecule has 0 bridgehead atoms. The van der Waals surface area contributed by atoms with Crippen LogP contribution in [0.2, 0.25) is 0 Å². The summed E-state index contributed by atoms with van der Waals surface area (Å²) in [4.78, 5) is 24.0. The first-order valence-corrected chi connectivity index (χ1v) is 10.9. The molecule has 0 aromatic heterocycles. The zero-order chi connectivity index (χ0) is 19.2. The topological polar surface area (TPSA) is 52.6 Å². The van der Waals surface area contributed by atoms with Crippen LogP contribution in [0.25, 0.3) is 0 Å². The molecule has 0 fully saturated rings. The molecular formula is C21H30O4Se. The molecule has 4 nitrogen and oxygen atoms in total. The first-order chi connectivity index (χ1) is 12.6. The summed E-state index contributed by atoms with van der Waals surface area (Å²) in [5.41, 5.74) is 0. The number of rotatable bonds is 12. The van der Waals surface area contributed by atoms with E-state index >= 15 is 0 Å². The average molecular weight is 425 g/mol. The number of carbonyl (C=O) groups is 2. The number of hydrogen-bond donors (Lipinski definition) is 0. The molecule has 1 rings (SSSR count). The van der Waals surface area contributed by atoms with Gasteiger partial charge >= 0.3 is 163 Å². The summed E-state index contributed by atoms with van der Waals surface area (Å²) in [5.74, 6) is -2.12. The average Bonchev–Trinajstić information content (AvgIpc) is 2.68. The molecule has 0 atom stereocenters. The molecule has 1 aromatic rings. The van der Waals surface area contributed by atoms with Crippen LogP contribution in [-0.2, 0) is 19.1 Å². The van der Waals surface area contributed by atoms with E-state index in [-0.39, 0.29) is 15.0 Å². The standard InChI is InChI=1S/C21H30O4Se/c1-4-5-6-7-8-10-15-18(26-17-13-11-9-12-14-17)16-19(20(22)24-2)21(23)25-3/h9,11-14,16,19H,4-8,10,15H2,1-3H3/b18-16+. The minimum absolute atomic E-state index is 0.0744. The van der Waals surface area contributed by atoms with Crippen molar-refractivity contribution < 1.29 is 19.1 Å². The SMILES string of the molecule is CCCCCCCC/C(=C\C(C(=O)OC)C(=O)OC)[Se]c1ccccc1. The summed E-state index contributed by atoms with van der Waals surface area (Å²) in [6.45, 7) is 2.21. The summed E-state index contributed by atoms with van der Waals surface area (Å²) < 4.78 is 11.9. The third-order valence-corrected chi connectivity index (χ3v) is 6.36. The van der Waals surface area contributed by atoms with Crippen LogP contribution in [0.5, 0.6) is 0 Å². The maximum atomic E-state index is 12.0. The van der Waals surface area contributed by atoms with Gasteiger partial charge in [-0.1, -0.05) is 0 Å². The summed E-state index contributed by atoms with van der Waals surface area (Å²) >= 11 is 0.0744. The van der Waals surface area contributed by atoms with Crippen molar-refractivity contribution in [2.45, 2.75) is 51.9 Å². The first-order valence-electron chi connectivity index (χ1n) is 9.21. The second-order valence-electron chi connectivity index (χ2n) is 6.09. The second kappa shape index (κ2) is 13.6. The molecule has 0 amide bonds. The van der Waals surface area contributed by atoms with Crippen LogP contribution < -0.4 is 4.46 Å². The van der Waals surface area contributed by atoms with Crippen LogP contribution >= 0.6 is 0 Å². The molecule has 5 heteroatoms. The van der Waals surface area contributed by atoms with Gasteiger partial charge in [-0.25, -0.2) is 0 Å². The van der Waals surface area contributed by atoms with Gasteiger partial charge in [0.2, 0.25) is 0 Å². The number of methoxy groups -OCH3 is 2. The Bertz CT molecular complexity index is 553. The van der Waals surface area contributed by atoms with Crippen molar-refractivity contribution in [3.63, 3.8) is 0 Å². The van der Waals surface area contributed by atoms with Crippen molar-refractivity contribution in [2.75, 3.05) is 14.2 Å². The van der Waals surface area contributed by atoms with Crippen molar-refractivity contribution >= 4 is 31.4 Å². The van der Waals surface area contributed by atoms with Crippen LogP contribution in [0.1, 0.15) is 51.9 Å². The maximum absolute atomic E-state index is 12.0. The van der Waals surface area contributed by atoms with Crippen LogP contribution in [0.15, 0.2) is 40.9 Å². The fourth-order valence-corrected chi connectivity index (χ4v) is 4.76. The van der Waals surface area contributed by atoms with E-state index in [4.69, 9.17) is 9.47 Å². The number of ether oxygens (including phenoxy) is 2. The quantitative estimate of drug-likeness (QED) is 0.222. The summed E-state index contributed by atoms with van der Waals surface area (Å²) in [6.07, 6.45) is 9.92. The normalized spacial score (nSPS) is 11.5. The van der Waals surface area contributed by atoms with Crippen LogP contribution in [0.3, 0.4) is 0 Å². The molecule has 0 radical (unpaired) electrons. The predicted octanol–water partition coefficient (Wildman–Crippen LogP) is 3.61. The zero-order valence-electron chi connectivity index (χ0n) is 16.0. The van der Waals surface area contributed by atoms with E-state index in [0.717, 1.165) is 17.3 Å². The summed E-state index contributed by atoms with van der Waals surface area (Å²) in [5, 5.41) is 0. The first kappa shape index (κ1) is 22.5. The third-order valence-electron chi connectivity index (χ3n) is 4.03. The van der Waals surface area contributed by atoms with E-state index in [1.165, 1.54) is 50.8 Å². The van der Waals surface area contributed by atoms with Gasteiger partial charge in [0, 0.05) is 0 Å². The van der Waals surface area contributed by atoms with Gasteiger partial charge in [-0.3, -0.25) is 0 Å². The van der Waals surface area contributed by atoms with Gasteiger partial charge in [-0.15, -0.1) is 0 Å². The van der Waals surface area contributed by atoms with E-state index < -0.39 is 17.9 Å². The number of esters is 2. The molecule has 0 saturated heterocycles. The van der Waals surface area contributed by atoms with Crippen LogP contribution in [0.4, 0.5) is 0 Å². The van der Waals surface area contributed by atoms with Gasteiger partial charge in [-0.05, 0) is 0 Å². The Balaban J connectivity index is 2.82. The van der Waals surface area contributed by atoms with Gasteiger partial charge in [-0.2, -0.15) is 0 Å². The van der Waals surface area contributed by atoms with E-state index in [1.54, 1.807) is 6.08 Å². The number of unbranched alkanes of at least 4 members (excludes halogenated alkanes) is 5. The molecule has 0 aliphatic heterocycles. The summed E-state index contributed by atoms with van der Waals surface area (Å²) in [7, 11) is 2.59. The van der Waals surface area contributed by atoms with Crippen molar-refractivity contribution in [2.24, 2.45) is 5.92 Å². The van der Waals surface area contributed by atoms with Crippen LogP contribution in [-0.4, -0.2) is 41.1 Å². The molecule has 1 aromatic carbocycles. The van der Waals surface area contributed by atoms with Gasteiger partial charge in [0.25, 0.3) is 0 Å². The fraction of sp³-hybridized carbons (Fsp3) is 0.524. The zero-order valence-corrected chi connectivity index (χ0v) is 17.7. The molecule has 0 unspecified atom stereocenters. The minimum atomic E-state index is -0.981. The molecule has 144 valence electrons. The molecular weight excluding hydrogens is 395 g/mol. The fourth-order valence-electron chi connectivity index (χ4n) is 2.56. The van der Waals surface area contributed by atoms with Gasteiger partial charge in [0.1, 0.15) is 0 Å². The molecule has 0 saturated carbocycles. The number of benzene rings is 1. The van der Waals surface area contributed by atoms with E-state index in [2.05, 4.69) is 19.1 Å².